The van der Waals surface area contributed by atoms with Crippen molar-refractivity contribution in [3.8, 4) is 0 Å². The molecule has 1 saturated heterocycles. The van der Waals surface area contributed by atoms with Gasteiger partial charge in [-0.25, -0.2) is 0 Å². The van der Waals surface area contributed by atoms with Gasteiger partial charge < -0.3 is 9.64 Å². The molecule has 2 rings (SSSR count). The van der Waals surface area contributed by atoms with E-state index in [4.69, 9.17) is 4.74 Å². The molecule has 5 nitrogen and oxygen atoms in total. The zero-order valence-corrected chi connectivity index (χ0v) is 6.43. The van der Waals surface area contributed by atoms with Crippen molar-refractivity contribution < 1.29 is 9.53 Å². The zero-order chi connectivity index (χ0) is 8.39. The van der Waals surface area contributed by atoms with Crippen LogP contribution in [0.2, 0.25) is 0 Å². The summed E-state index contributed by atoms with van der Waals surface area (Å²) in [6, 6.07) is 1.80. The highest BCUT2D eigenvalue weighted by Gasteiger charge is 2.26. The van der Waals surface area contributed by atoms with Gasteiger partial charge in [0.25, 0.3) is 0 Å². The number of aromatic nitrogens is 2. The van der Waals surface area contributed by atoms with Crippen molar-refractivity contribution in [3.05, 3.63) is 18.0 Å². The van der Waals surface area contributed by atoms with Gasteiger partial charge in [-0.1, -0.05) is 0 Å². The smallest absolute Gasteiger partial charge is 0.212 e. The molecular weight excluding hydrogens is 158 g/mol. The average Bonchev–Trinajstić information content (AvgIpc) is 2.74. The Morgan fingerprint density at radius 2 is 2.75 bits per heavy atom. The first-order valence-electron chi connectivity index (χ1n) is 3.74. The number of carbonyl (C=O) groups excluding carboxylic acids is 1. The number of nitrogens with zero attached hydrogens (tertiary/aromatic N) is 2. The zero-order valence-electron chi connectivity index (χ0n) is 6.43. The number of rotatable bonds is 2. The van der Waals surface area contributed by atoms with Crippen LogP contribution in [-0.4, -0.2) is 34.7 Å². The van der Waals surface area contributed by atoms with Gasteiger partial charge in [-0.2, -0.15) is 5.10 Å². The van der Waals surface area contributed by atoms with Crippen LogP contribution >= 0.6 is 0 Å². The predicted octanol–water partition coefficient (Wildman–Crippen LogP) is -0.103. The van der Waals surface area contributed by atoms with Crippen LogP contribution in [0.3, 0.4) is 0 Å². The fraction of sp³-hybridized carbons (Fsp3) is 0.429. The van der Waals surface area contributed by atoms with Gasteiger partial charge >= 0.3 is 0 Å². The van der Waals surface area contributed by atoms with E-state index >= 15 is 0 Å². The number of nitrogens with one attached hydrogen (secondary N) is 1. The summed E-state index contributed by atoms with van der Waals surface area (Å²) >= 11 is 0. The largest absolute Gasteiger partial charge is 0.350 e. The minimum Gasteiger partial charge on any atom is -0.350 e. The molecule has 1 aromatic rings. The minimum absolute atomic E-state index is 0.273. The summed E-state index contributed by atoms with van der Waals surface area (Å²) in [6.45, 7) is 1.23. The van der Waals surface area contributed by atoms with Gasteiger partial charge in [0.05, 0.1) is 12.3 Å². The summed E-state index contributed by atoms with van der Waals surface area (Å²) in [5.74, 6) is 0. The molecule has 1 atom stereocenters. The van der Waals surface area contributed by atoms with E-state index in [0.29, 0.717) is 13.2 Å². The van der Waals surface area contributed by atoms with Crippen molar-refractivity contribution in [2.45, 2.75) is 6.23 Å². The topological polar surface area (TPSA) is 58.2 Å². The molecule has 64 valence electrons. The number of hydrogen-bond acceptors (Lipinski definition) is 3. The molecule has 1 fully saturated rings. The van der Waals surface area contributed by atoms with Gasteiger partial charge in [0, 0.05) is 12.7 Å². The molecule has 1 aliphatic rings. The van der Waals surface area contributed by atoms with E-state index < -0.39 is 0 Å². The Morgan fingerprint density at radius 3 is 3.42 bits per heavy atom. The summed E-state index contributed by atoms with van der Waals surface area (Å²) in [4.78, 5) is 12.1. The molecule has 1 aromatic heterocycles. The number of amides is 1. The first-order valence-corrected chi connectivity index (χ1v) is 3.74. The molecule has 0 saturated carbocycles. The molecule has 0 bridgehead atoms. The molecule has 1 unspecified atom stereocenters. The Bertz CT molecular complexity index is 260. The normalized spacial score (nSPS) is 23.0. The van der Waals surface area contributed by atoms with Gasteiger partial charge in [-0.05, 0) is 6.07 Å². The Hall–Kier alpha value is -1.36. The van der Waals surface area contributed by atoms with Gasteiger partial charge in [0.15, 0.2) is 6.23 Å². The van der Waals surface area contributed by atoms with Gasteiger partial charge in [-0.15, -0.1) is 0 Å². The lowest BCUT2D eigenvalue weighted by Gasteiger charge is -2.15. The number of aromatic amines is 1. The standard InChI is InChI=1S/C7H9N3O2/c11-5-10-3-4-12-7(10)6-1-2-8-9-6/h1-2,5,7H,3-4H2,(H,8,9). The van der Waals surface area contributed by atoms with Crippen LogP contribution in [0.4, 0.5) is 0 Å². The lowest BCUT2D eigenvalue weighted by atomic mass is 10.4. The molecule has 0 radical (unpaired) electrons. The summed E-state index contributed by atoms with van der Waals surface area (Å²) in [5.41, 5.74) is 0.819. The second-order valence-corrected chi connectivity index (χ2v) is 2.58. The summed E-state index contributed by atoms with van der Waals surface area (Å²) < 4.78 is 5.32. The maximum Gasteiger partial charge on any atom is 0.212 e. The summed E-state index contributed by atoms with van der Waals surface area (Å²) in [6.07, 6.45) is 2.16. The van der Waals surface area contributed by atoms with Gasteiger partial charge in [0.1, 0.15) is 0 Å². The van der Waals surface area contributed by atoms with E-state index in [2.05, 4.69) is 10.2 Å². The van der Waals surface area contributed by atoms with Crippen LogP contribution in [0.15, 0.2) is 12.3 Å². The SMILES string of the molecule is O=CN1CCOC1c1ccn[nH]1. The van der Waals surface area contributed by atoms with Crippen molar-refractivity contribution in [1.29, 1.82) is 0 Å². The van der Waals surface area contributed by atoms with Crippen LogP contribution in [0, 0.1) is 0 Å². The molecule has 0 spiro atoms. The highest BCUT2D eigenvalue weighted by molar-refractivity contribution is 5.48. The maximum absolute atomic E-state index is 10.5. The Labute approximate surface area is 69.3 Å². The summed E-state index contributed by atoms with van der Waals surface area (Å²) in [5, 5.41) is 6.56. The van der Waals surface area contributed by atoms with Crippen molar-refractivity contribution in [3.63, 3.8) is 0 Å². The fourth-order valence-electron chi connectivity index (χ4n) is 1.26. The highest BCUT2D eigenvalue weighted by atomic mass is 16.5. The second kappa shape index (κ2) is 2.94. The third-order valence-electron chi connectivity index (χ3n) is 1.85. The van der Waals surface area contributed by atoms with E-state index in [1.165, 1.54) is 0 Å². The monoisotopic (exact) mass is 167 g/mol. The predicted molar refractivity (Wildman–Crippen MR) is 40.1 cm³/mol. The Morgan fingerprint density at radius 1 is 1.83 bits per heavy atom. The van der Waals surface area contributed by atoms with E-state index in [1.807, 2.05) is 0 Å². The number of carbonyl (C=O) groups is 1. The molecule has 0 aromatic carbocycles. The number of H-pyrrole nitrogens is 1. The number of ether oxygens (including phenoxy) is 1. The van der Waals surface area contributed by atoms with Gasteiger partial charge in [0.2, 0.25) is 6.41 Å². The van der Waals surface area contributed by atoms with E-state index in [9.17, 15) is 4.79 Å². The van der Waals surface area contributed by atoms with E-state index in [-0.39, 0.29) is 6.23 Å². The van der Waals surface area contributed by atoms with Crippen molar-refractivity contribution in [2.75, 3.05) is 13.2 Å². The average molecular weight is 167 g/mol. The molecule has 1 amide bonds. The third-order valence-corrected chi connectivity index (χ3v) is 1.85. The lowest BCUT2D eigenvalue weighted by molar-refractivity contribution is -0.123. The van der Waals surface area contributed by atoms with Crippen LogP contribution < -0.4 is 0 Å². The van der Waals surface area contributed by atoms with Crippen molar-refractivity contribution in [2.24, 2.45) is 0 Å². The van der Waals surface area contributed by atoms with E-state index in [0.717, 1.165) is 12.1 Å². The first-order chi connectivity index (χ1) is 5.92. The van der Waals surface area contributed by atoms with Crippen LogP contribution in [0.25, 0.3) is 0 Å². The van der Waals surface area contributed by atoms with Gasteiger partial charge in [-0.3, -0.25) is 9.89 Å². The van der Waals surface area contributed by atoms with Crippen LogP contribution in [-0.2, 0) is 9.53 Å². The summed E-state index contributed by atoms with van der Waals surface area (Å²) in [7, 11) is 0. The molecular formula is C7H9N3O2. The Balaban J connectivity index is 2.18. The molecule has 1 N–H and O–H groups in total. The number of hydrogen-bond donors (Lipinski definition) is 1. The fourth-order valence-corrected chi connectivity index (χ4v) is 1.26. The minimum atomic E-state index is -0.273. The molecule has 0 aliphatic carbocycles. The Kier molecular flexibility index (Phi) is 1.79. The quantitative estimate of drug-likeness (QED) is 0.625. The third kappa shape index (κ3) is 1.08. The van der Waals surface area contributed by atoms with Crippen LogP contribution in [0.1, 0.15) is 11.9 Å². The molecule has 5 heteroatoms. The lowest BCUT2D eigenvalue weighted by Crippen LogP contribution is -2.22. The van der Waals surface area contributed by atoms with E-state index in [1.54, 1.807) is 17.2 Å². The molecule has 2 heterocycles. The maximum atomic E-state index is 10.5. The highest BCUT2D eigenvalue weighted by Crippen LogP contribution is 2.22. The van der Waals surface area contributed by atoms with Crippen LogP contribution in [0.5, 0.6) is 0 Å². The molecule has 1 aliphatic heterocycles. The molecule has 12 heavy (non-hydrogen) atoms. The first kappa shape index (κ1) is 7.30. The van der Waals surface area contributed by atoms with Crippen molar-refractivity contribution in [1.82, 2.24) is 15.1 Å². The second-order valence-electron chi connectivity index (χ2n) is 2.58. The van der Waals surface area contributed by atoms with Crippen molar-refractivity contribution >= 4 is 6.41 Å².